The molecule has 0 atom stereocenters. The van der Waals surface area contributed by atoms with E-state index in [1.165, 1.54) is 0 Å². The summed E-state index contributed by atoms with van der Waals surface area (Å²) in [7, 11) is 1.92. The number of hydrogen-bond acceptors (Lipinski definition) is 4. The lowest BCUT2D eigenvalue weighted by Crippen LogP contribution is -2.24. The van der Waals surface area contributed by atoms with E-state index >= 15 is 0 Å². The highest BCUT2D eigenvalue weighted by Crippen LogP contribution is 2.44. The Kier molecular flexibility index (Phi) is 1.26. The maximum atomic E-state index is 5.32. The number of hydrogen-bond donors (Lipinski definition) is 1. The van der Waals surface area contributed by atoms with Crippen LogP contribution >= 0.6 is 0 Å². The van der Waals surface area contributed by atoms with Crippen LogP contribution in [0.5, 0.6) is 0 Å². The van der Waals surface area contributed by atoms with Gasteiger partial charge in [0.1, 0.15) is 0 Å². The van der Waals surface area contributed by atoms with Crippen LogP contribution in [0.15, 0.2) is 4.42 Å². The van der Waals surface area contributed by atoms with E-state index in [2.05, 4.69) is 15.5 Å². The van der Waals surface area contributed by atoms with Gasteiger partial charge in [0.15, 0.2) is 0 Å². The number of nitrogens with zero attached hydrogens (tertiary/aromatic N) is 2. The molecule has 0 bridgehead atoms. The van der Waals surface area contributed by atoms with Crippen LogP contribution in [0.1, 0.15) is 24.6 Å². The molecule has 1 fully saturated rings. The molecule has 1 heterocycles. The summed E-state index contributed by atoms with van der Waals surface area (Å²) >= 11 is 0. The van der Waals surface area contributed by atoms with Crippen molar-refractivity contribution in [2.24, 2.45) is 0 Å². The zero-order valence-electron chi connectivity index (χ0n) is 6.72. The van der Waals surface area contributed by atoms with Crippen LogP contribution in [-0.4, -0.2) is 17.2 Å². The second-order valence-corrected chi connectivity index (χ2v) is 2.96. The number of aromatic nitrogens is 2. The molecule has 0 spiro atoms. The van der Waals surface area contributed by atoms with E-state index in [1.807, 2.05) is 14.0 Å². The second-order valence-electron chi connectivity index (χ2n) is 2.96. The van der Waals surface area contributed by atoms with Gasteiger partial charge in [-0.25, -0.2) is 0 Å². The Morgan fingerprint density at radius 3 is 2.55 bits per heavy atom. The normalized spacial score (nSPS) is 20.2. The van der Waals surface area contributed by atoms with Gasteiger partial charge in [-0.1, -0.05) is 0 Å². The van der Waals surface area contributed by atoms with Gasteiger partial charge in [0.2, 0.25) is 11.8 Å². The Bertz CT molecular complexity index is 264. The molecule has 2 rings (SSSR count). The van der Waals surface area contributed by atoms with Crippen LogP contribution in [0.25, 0.3) is 0 Å². The van der Waals surface area contributed by atoms with Crippen LogP contribution in [0, 0.1) is 6.92 Å². The molecule has 1 aliphatic carbocycles. The molecular weight excluding hydrogens is 142 g/mol. The smallest absolute Gasteiger partial charge is 0.236 e. The zero-order chi connectivity index (χ0) is 7.90. The first-order valence-electron chi connectivity index (χ1n) is 3.76. The summed E-state index contributed by atoms with van der Waals surface area (Å²) in [6.07, 6.45) is 2.20. The molecule has 0 radical (unpaired) electrons. The van der Waals surface area contributed by atoms with E-state index in [9.17, 15) is 0 Å². The van der Waals surface area contributed by atoms with E-state index in [1.54, 1.807) is 0 Å². The standard InChI is InChI=1S/C7H11N3O/c1-5-9-10-6(11-5)7(8-2)3-4-7/h8H,3-4H2,1-2H3. The maximum Gasteiger partial charge on any atom is 0.236 e. The van der Waals surface area contributed by atoms with Crippen molar-refractivity contribution in [3.8, 4) is 0 Å². The van der Waals surface area contributed by atoms with Crippen LogP contribution in [0.2, 0.25) is 0 Å². The fraction of sp³-hybridized carbons (Fsp3) is 0.714. The minimum absolute atomic E-state index is 0.0151. The van der Waals surface area contributed by atoms with Crippen molar-refractivity contribution in [3.63, 3.8) is 0 Å². The minimum atomic E-state index is 0.0151. The average Bonchev–Trinajstić information content (AvgIpc) is 2.70. The van der Waals surface area contributed by atoms with Crippen molar-refractivity contribution in [2.45, 2.75) is 25.3 Å². The van der Waals surface area contributed by atoms with Crippen LogP contribution in [0.3, 0.4) is 0 Å². The molecule has 0 aliphatic heterocycles. The summed E-state index contributed by atoms with van der Waals surface area (Å²) in [6.45, 7) is 1.81. The Labute approximate surface area is 65.0 Å². The molecule has 0 saturated heterocycles. The first kappa shape index (κ1) is 6.79. The molecule has 11 heavy (non-hydrogen) atoms. The van der Waals surface area contributed by atoms with Gasteiger partial charge < -0.3 is 9.73 Å². The lowest BCUT2D eigenvalue weighted by atomic mass is 10.3. The Hall–Kier alpha value is -0.900. The molecule has 4 heteroatoms. The molecule has 1 N–H and O–H groups in total. The highest BCUT2D eigenvalue weighted by atomic mass is 16.4. The third-order valence-corrected chi connectivity index (χ3v) is 2.16. The van der Waals surface area contributed by atoms with E-state index in [0.29, 0.717) is 5.89 Å². The molecule has 1 saturated carbocycles. The number of aryl methyl sites for hydroxylation is 1. The maximum absolute atomic E-state index is 5.32. The summed E-state index contributed by atoms with van der Waals surface area (Å²) in [5, 5.41) is 10.9. The summed E-state index contributed by atoms with van der Waals surface area (Å²) in [6, 6.07) is 0. The Balaban J connectivity index is 2.29. The third kappa shape index (κ3) is 0.939. The topological polar surface area (TPSA) is 51.0 Å². The van der Waals surface area contributed by atoms with Gasteiger partial charge in [-0.05, 0) is 19.9 Å². The van der Waals surface area contributed by atoms with E-state index in [0.717, 1.165) is 18.7 Å². The van der Waals surface area contributed by atoms with Gasteiger partial charge in [0.05, 0.1) is 5.54 Å². The quantitative estimate of drug-likeness (QED) is 0.675. The molecule has 1 aromatic heterocycles. The van der Waals surface area contributed by atoms with Crippen molar-refractivity contribution in [2.75, 3.05) is 7.05 Å². The van der Waals surface area contributed by atoms with Gasteiger partial charge in [0, 0.05) is 6.92 Å². The molecular formula is C7H11N3O. The summed E-state index contributed by atoms with van der Waals surface area (Å²) in [4.78, 5) is 0. The Morgan fingerprint density at radius 1 is 1.45 bits per heavy atom. The number of rotatable bonds is 2. The van der Waals surface area contributed by atoms with Gasteiger partial charge in [-0.3, -0.25) is 0 Å². The van der Waals surface area contributed by atoms with Gasteiger partial charge in [-0.2, -0.15) is 0 Å². The van der Waals surface area contributed by atoms with Gasteiger partial charge in [0.25, 0.3) is 0 Å². The average molecular weight is 153 g/mol. The van der Waals surface area contributed by atoms with Gasteiger partial charge in [-0.15, -0.1) is 10.2 Å². The third-order valence-electron chi connectivity index (χ3n) is 2.16. The lowest BCUT2D eigenvalue weighted by Gasteiger charge is -2.06. The fourth-order valence-electron chi connectivity index (χ4n) is 1.19. The van der Waals surface area contributed by atoms with Crippen molar-refractivity contribution in [1.82, 2.24) is 15.5 Å². The fourth-order valence-corrected chi connectivity index (χ4v) is 1.19. The van der Waals surface area contributed by atoms with Crippen molar-refractivity contribution in [3.05, 3.63) is 11.8 Å². The van der Waals surface area contributed by atoms with Crippen molar-refractivity contribution in [1.29, 1.82) is 0 Å². The molecule has 60 valence electrons. The molecule has 1 aromatic rings. The van der Waals surface area contributed by atoms with E-state index in [4.69, 9.17) is 4.42 Å². The first-order chi connectivity index (χ1) is 5.27. The van der Waals surface area contributed by atoms with Gasteiger partial charge >= 0.3 is 0 Å². The summed E-state index contributed by atoms with van der Waals surface area (Å²) < 4.78 is 5.32. The predicted molar refractivity (Wildman–Crippen MR) is 39.0 cm³/mol. The van der Waals surface area contributed by atoms with Crippen LogP contribution in [-0.2, 0) is 5.54 Å². The van der Waals surface area contributed by atoms with Crippen molar-refractivity contribution < 1.29 is 4.42 Å². The molecule has 0 unspecified atom stereocenters. The first-order valence-corrected chi connectivity index (χ1v) is 3.76. The van der Waals surface area contributed by atoms with Crippen LogP contribution in [0.4, 0.5) is 0 Å². The predicted octanol–water partition coefficient (Wildman–Crippen LogP) is 0.587. The molecule has 0 amide bonds. The highest BCUT2D eigenvalue weighted by molar-refractivity contribution is 5.12. The second kappa shape index (κ2) is 2.04. The largest absolute Gasteiger partial charge is 0.424 e. The highest BCUT2D eigenvalue weighted by Gasteiger charge is 2.47. The molecule has 1 aliphatic rings. The minimum Gasteiger partial charge on any atom is -0.424 e. The van der Waals surface area contributed by atoms with E-state index < -0.39 is 0 Å². The monoisotopic (exact) mass is 153 g/mol. The van der Waals surface area contributed by atoms with E-state index in [-0.39, 0.29) is 5.54 Å². The Morgan fingerprint density at radius 2 is 2.18 bits per heavy atom. The SMILES string of the molecule is CNC1(c2nnc(C)o2)CC1. The van der Waals surface area contributed by atoms with Crippen molar-refractivity contribution >= 4 is 0 Å². The number of nitrogens with one attached hydrogen (secondary N) is 1. The van der Waals surface area contributed by atoms with Crippen LogP contribution < -0.4 is 5.32 Å². The summed E-state index contributed by atoms with van der Waals surface area (Å²) in [5.74, 6) is 1.37. The summed E-state index contributed by atoms with van der Waals surface area (Å²) in [5.41, 5.74) is 0.0151. The molecule has 4 nitrogen and oxygen atoms in total. The zero-order valence-corrected chi connectivity index (χ0v) is 6.72. The molecule has 0 aromatic carbocycles. The lowest BCUT2D eigenvalue weighted by molar-refractivity contribution is 0.388.